The van der Waals surface area contributed by atoms with E-state index < -0.39 is 0 Å². The number of aromatic nitrogens is 2. The monoisotopic (exact) mass is 314 g/mol. The van der Waals surface area contributed by atoms with E-state index in [2.05, 4.69) is 10.4 Å². The second-order valence-electron chi connectivity index (χ2n) is 5.27. The summed E-state index contributed by atoms with van der Waals surface area (Å²) in [5, 5.41) is 8.28. The van der Waals surface area contributed by atoms with Crippen molar-refractivity contribution in [1.29, 1.82) is 0 Å². The van der Waals surface area contributed by atoms with Gasteiger partial charge in [0, 0.05) is 25.0 Å². The number of nitrogens with one attached hydrogen (secondary N) is 1. The predicted molar refractivity (Wildman–Crippen MR) is 89.0 cm³/mol. The van der Waals surface area contributed by atoms with E-state index in [0.29, 0.717) is 11.4 Å². The maximum atomic E-state index is 12.3. The molecule has 3 N–H and O–H groups in total. The molecule has 114 valence electrons. The summed E-state index contributed by atoms with van der Waals surface area (Å²) in [5.41, 5.74) is 8.05. The molecule has 6 heteroatoms. The van der Waals surface area contributed by atoms with Crippen molar-refractivity contribution >= 4 is 27.5 Å². The molecule has 0 aliphatic heterocycles. The van der Waals surface area contributed by atoms with Crippen LogP contribution in [0.3, 0.4) is 0 Å². The fraction of sp³-hybridized carbons (Fsp3) is 0.250. The summed E-state index contributed by atoms with van der Waals surface area (Å²) in [6.45, 7) is 2.36. The summed E-state index contributed by atoms with van der Waals surface area (Å²) in [4.78, 5) is 14.0. The van der Waals surface area contributed by atoms with Crippen molar-refractivity contribution < 1.29 is 4.79 Å². The van der Waals surface area contributed by atoms with Crippen molar-refractivity contribution in [2.75, 3.05) is 6.54 Å². The Kier molecular flexibility index (Phi) is 3.96. The quantitative estimate of drug-likeness (QED) is 0.776. The highest BCUT2D eigenvalue weighted by Gasteiger charge is 2.15. The number of benzene rings is 1. The molecule has 0 spiro atoms. The first kappa shape index (κ1) is 14.7. The molecule has 0 fully saturated rings. The molecule has 5 nitrogen and oxygen atoms in total. The number of nitrogens with two attached hydrogens (primary N) is 1. The number of nitrogens with zero attached hydrogens (tertiary/aromatic N) is 2. The lowest BCUT2D eigenvalue weighted by atomic mass is 10.1. The lowest BCUT2D eigenvalue weighted by molar-refractivity contribution is 0.0955. The van der Waals surface area contributed by atoms with Gasteiger partial charge in [0.25, 0.3) is 5.91 Å². The van der Waals surface area contributed by atoms with Gasteiger partial charge in [-0.05, 0) is 18.6 Å². The van der Waals surface area contributed by atoms with Crippen molar-refractivity contribution in [3.8, 4) is 0 Å². The summed E-state index contributed by atoms with van der Waals surface area (Å²) in [7, 11) is 1.89. The van der Waals surface area contributed by atoms with Crippen LogP contribution in [0.15, 0.2) is 36.4 Å². The van der Waals surface area contributed by atoms with E-state index in [1.54, 1.807) is 0 Å². The van der Waals surface area contributed by atoms with Crippen LogP contribution in [0.1, 0.15) is 27.0 Å². The van der Waals surface area contributed by atoms with Crippen LogP contribution in [-0.4, -0.2) is 22.2 Å². The van der Waals surface area contributed by atoms with Gasteiger partial charge >= 0.3 is 0 Å². The number of rotatable bonds is 4. The van der Waals surface area contributed by atoms with Gasteiger partial charge in [0.1, 0.15) is 4.83 Å². The van der Waals surface area contributed by atoms with Gasteiger partial charge in [-0.1, -0.05) is 30.3 Å². The van der Waals surface area contributed by atoms with Gasteiger partial charge in [-0.2, -0.15) is 5.10 Å². The normalized spacial score (nSPS) is 12.5. The second kappa shape index (κ2) is 5.90. The third-order valence-corrected chi connectivity index (χ3v) is 4.83. The third kappa shape index (κ3) is 2.75. The van der Waals surface area contributed by atoms with Gasteiger partial charge in [-0.15, -0.1) is 11.3 Å². The number of thiophene rings is 1. The summed E-state index contributed by atoms with van der Waals surface area (Å²) < 4.78 is 1.81. The van der Waals surface area contributed by atoms with Crippen LogP contribution in [-0.2, 0) is 7.05 Å². The van der Waals surface area contributed by atoms with E-state index in [1.165, 1.54) is 11.3 Å². The average molecular weight is 314 g/mol. The van der Waals surface area contributed by atoms with E-state index >= 15 is 0 Å². The molecule has 1 amide bonds. The van der Waals surface area contributed by atoms with Crippen LogP contribution >= 0.6 is 11.3 Å². The highest BCUT2D eigenvalue weighted by Crippen LogP contribution is 2.27. The van der Waals surface area contributed by atoms with Crippen molar-refractivity contribution in [3.63, 3.8) is 0 Å². The number of amides is 1. The highest BCUT2D eigenvalue weighted by atomic mass is 32.1. The molecule has 0 bridgehead atoms. The number of hydrogen-bond acceptors (Lipinski definition) is 4. The maximum Gasteiger partial charge on any atom is 0.261 e. The molecule has 3 rings (SSSR count). The van der Waals surface area contributed by atoms with Crippen LogP contribution in [0.4, 0.5) is 0 Å². The molecule has 1 atom stereocenters. The topological polar surface area (TPSA) is 72.9 Å². The number of fused-ring (bicyclic) bond motifs is 1. The summed E-state index contributed by atoms with van der Waals surface area (Å²) in [6.07, 6.45) is 0. The zero-order valence-electron chi connectivity index (χ0n) is 12.5. The van der Waals surface area contributed by atoms with Gasteiger partial charge in [-0.3, -0.25) is 9.48 Å². The molecule has 3 aromatic rings. The molecule has 0 aliphatic rings. The van der Waals surface area contributed by atoms with E-state index in [0.717, 1.165) is 21.5 Å². The van der Waals surface area contributed by atoms with Gasteiger partial charge in [-0.25, -0.2) is 0 Å². The zero-order chi connectivity index (χ0) is 15.7. The molecule has 0 aliphatic carbocycles. The van der Waals surface area contributed by atoms with Crippen molar-refractivity contribution in [1.82, 2.24) is 15.1 Å². The summed E-state index contributed by atoms with van der Waals surface area (Å²) in [5.74, 6) is -0.0908. The fourth-order valence-electron chi connectivity index (χ4n) is 2.43. The minimum absolute atomic E-state index is 0.0908. The van der Waals surface area contributed by atoms with Crippen molar-refractivity contribution in [3.05, 3.63) is 52.5 Å². The maximum absolute atomic E-state index is 12.3. The Bertz CT molecular complexity index is 772. The molecule has 0 saturated carbocycles. The second-order valence-corrected chi connectivity index (χ2v) is 6.30. The Balaban J connectivity index is 1.70. The summed E-state index contributed by atoms with van der Waals surface area (Å²) >= 11 is 1.45. The molecule has 2 heterocycles. The first-order valence-electron chi connectivity index (χ1n) is 7.08. The molecule has 1 aromatic carbocycles. The molecule has 0 saturated heterocycles. The number of hydrogen-bond donors (Lipinski definition) is 2. The van der Waals surface area contributed by atoms with Crippen LogP contribution in [0.5, 0.6) is 0 Å². The van der Waals surface area contributed by atoms with E-state index in [9.17, 15) is 4.79 Å². The molecule has 22 heavy (non-hydrogen) atoms. The average Bonchev–Trinajstić information content (AvgIpc) is 3.08. The number of aryl methyl sites for hydroxylation is 2. The SMILES string of the molecule is Cc1nn(C)c2sc(C(=O)NC[C@H](N)c3ccccc3)cc12. The molecule has 0 unspecified atom stereocenters. The van der Waals surface area contributed by atoms with E-state index in [4.69, 9.17) is 5.73 Å². The van der Waals surface area contributed by atoms with Crippen molar-refractivity contribution in [2.24, 2.45) is 12.8 Å². The lowest BCUT2D eigenvalue weighted by Crippen LogP contribution is -2.31. The first-order valence-corrected chi connectivity index (χ1v) is 7.90. The van der Waals surface area contributed by atoms with E-state index in [1.807, 2.05) is 55.1 Å². The Morgan fingerprint density at radius 3 is 2.82 bits per heavy atom. The standard InChI is InChI=1S/C16H18N4OS/c1-10-12-8-14(22-16(12)20(2)19-10)15(21)18-9-13(17)11-6-4-3-5-7-11/h3-8,13H,9,17H2,1-2H3,(H,18,21)/t13-/m0/s1. The molecular weight excluding hydrogens is 296 g/mol. The third-order valence-electron chi connectivity index (χ3n) is 3.63. The Hall–Kier alpha value is -2.18. The van der Waals surface area contributed by atoms with Gasteiger partial charge in [0.05, 0.1) is 10.6 Å². The van der Waals surface area contributed by atoms with Gasteiger partial charge in [0.2, 0.25) is 0 Å². The zero-order valence-corrected chi connectivity index (χ0v) is 13.4. The number of carbonyl (C=O) groups excluding carboxylic acids is 1. The molecular formula is C16H18N4OS. The Labute approximate surface area is 132 Å². The number of carbonyl (C=O) groups is 1. The van der Waals surface area contributed by atoms with Gasteiger partial charge < -0.3 is 11.1 Å². The largest absolute Gasteiger partial charge is 0.349 e. The highest BCUT2D eigenvalue weighted by molar-refractivity contribution is 7.20. The molecule has 2 aromatic heterocycles. The Morgan fingerprint density at radius 1 is 1.41 bits per heavy atom. The predicted octanol–water partition coefficient (Wildman–Crippen LogP) is 2.37. The van der Waals surface area contributed by atoms with Gasteiger partial charge in [0.15, 0.2) is 0 Å². The molecule has 0 radical (unpaired) electrons. The van der Waals surface area contributed by atoms with Crippen molar-refractivity contribution in [2.45, 2.75) is 13.0 Å². The summed E-state index contributed by atoms with van der Waals surface area (Å²) in [6, 6.07) is 11.4. The van der Waals surface area contributed by atoms with Crippen LogP contribution < -0.4 is 11.1 Å². The fourth-order valence-corrected chi connectivity index (χ4v) is 3.46. The lowest BCUT2D eigenvalue weighted by Gasteiger charge is -2.12. The van der Waals surface area contributed by atoms with Crippen LogP contribution in [0, 0.1) is 6.92 Å². The van der Waals surface area contributed by atoms with Crippen LogP contribution in [0.2, 0.25) is 0 Å². The van der Waals surface area contributed by atoms with Crippen LogP contribution in [0.25, 0.3) is 10.2 Å². The first-order chi connectivity index (χ1) is 10.6. The Morgan fingerprint density at radius 2 is 2.14 bits per heavy atom. The van der Waals surface area contributed by atoms with E-state index in [-0.39, 0.29) is 11.9 Å². The smallest absolute Gasteiger partial charge is 0.261 e. The minimum atomic E-state index is -0.206. The minimum Gasteiger partial charge on any atom is -0.349 e.